The monoisotopic (exact) mass is 379 g/mol. The number of methoxy groups -OCH3 is 2. The average molecular weight is 379 g/mol. The highest BCUT2D eigenvalue weighted by Crippen LogP contribution is 2.46. The number of hydrogen-bond donors (Lipinski definition) is 0. The fourth-order valence-corrected chi connectivity index (χ4v) is 3.00. The van der Waals surface area contributed by atoms with Crippen molar-refractivity contribution in [1.29, 1.82) is 0 Å². The molecule has 3 nitrogen and oxygen atoms in total. The van der Waals surface area contributed by atoms with Gasteiger partial charge in [-0.15, -0.1) is 0 Å². The molecule has 2 aromatic carbocycles. The molecule has 1 atom stereocenters. The lowest BCUT2D eigenvalue weighted by atomic mass is 9.84. The summed E-state index contributed by atoms with van der Waals surface area (Å²) < 4.78 is 64.6. The van der Waals surface area contributed by atoms with Crippen LogP contribution in [0.15, 0.2) is 53.5 Å². The molecule has 0 aromatic heterocycles. The van der Waals surface area contributed by atoms with E-state index in [1.165, 1.54) is 31.4 Å². The minimum atomic E-state index is -4.65. The van der Waals surface area contributed by atoms with Crippen molar-refractivity contribution >= 4 is 11.8 Å². The van der Waals surface area contributed by atoms with Gasteiger partial charge in [0.25, 0.3) is 0 Å². The predicted octanol–water partition coefficient (Wildman–Crippen LogP) is 4.75. The van der Waals surface area contributed by atoms with E-state index in [9.17, 15) is 17.6 Å². The highest BCUT2D eigenvalue weighted by Gasteiger charge is 2.59. The largest absolute Gasteiger partial charge is 0.497 e. The van der Waals surface area contributed by atoms with Gasteiger partial charge in [0.15, 0.2) is 0 Å². The molecule has 0 saturated heterocycles. The Morgan fingerprint density at radius 3 is 2.33 bits per heavy atom. The molecule has 142 valence electrons. The number of halogens is 4. The topological polar surface area (TPSA) is 30.8 Å². The van der Waals surface area contributed by atoms with E-state index in [2.05, 4.69) is 4.99 Å². The van der Waals surface area contributed by atoms with E-state index in [-0.39, 0.29) is 11.4 Å². The second kappa shape index (κ2) is 7.15. The van der Waals surface area contributed by atoms with Gasteiger partial charge in [0.05, 0.1) is 19.4 Å². The Bertz CT molecular complexity index is 888. The highest BCUT2D eigenvalue weighted by molar-refractivity contribution is 6.12. The number of alkyl halides is 3. The van der Waals surface area contributed by atoms with Gasteiger partial charge in [0.2, 0.25) is 5.60 Å². The van der Waals surface area contributed by atoms with Crippen LogP contribution in [0, 0.1) is 5.82 Å². The van der Waals surface area contributed by atoms with Crippen LogP contribution in [0.1, 0.15) is 16.7 Å². The van der Waals surface area contributed by atoms with Crippen LogP contribution in [0.2, 0.25) is 0 Å². The van der Waals surface area contributed by atoms with Crippen LogP contribution in [-0.2, 0) is 10.3 Å². The van der Waals surface area contributed by atoms with Gasteiger partial charge >= 0.3 is 6.18 Å². The Labute approximate surface area is 153 Å². The fraction of sp³-hybridized carbons (Fsp3) is 0.250. The van der Waals surface area contributed by atoms with E-state index in [4.69, 9.17) is 9.47 Å². The van der Waals surface area contributed by atoms with Crippen LogP contribution in [0.3, 0.4) is 0 Å². The number of rotatable bonds is 4. The van der Waals surface area contributed by atoms with E-state index in [1.807, 2.05) is 0 Å². The van der Waals surface area contributed by atoms with Gasteiger partial charge in [0, 0.05) is 18.2 Å². The van der Waals surface area contributed by atoms with Crippen molar-refractivity contribution in [3.05, 3.63) is 71.0 Å². The Morgan fingerprint density at radius 2 is 1.74 bits per heavy atom. The highest BCUT2D eigenvalue weighted by atomic mass is 19.4. The van der Waals surface area contributed by atoms with Crippen molar-refractivity contribution in [2.75, 3.05) is 20.8 Å². The second-order valence-electron chi connectivity index (χ2n) is 6.03. The summed E-state index contributed by atoms with van der Waals surface area (Å²) in [5, 5.41) is 0. The van der Waals surface area contributed by atoms with Crippen molar-refractivity contribution in [2.45, 2.75) is 11.8 Å². The predicted molar refractivity (Wildman–Crippen MR) is 94.6 cm³/mol. The summed E-state index contributed by atoms with van der Waals surface area (Å²) in [4.78, 5) is 4.12. The van der Waals surface area contributed by atoms with E-state index >= 15 is 0 Å². The minimum absolute atomic E-state index is 0.0504. The van der Waals surface area contributed by atoms with Crippen molar-refractivity contribution < 1.29 is 27.0 Å². The lowest BCUT2D eigenvalue weighted by Gasteiger charge is -2.37. The number of fused-ring (bicyclic) bond motifs is 1. The quantitative estimate of drug-likeness (QED) is 0.718. The molecule has 0 N–H and O–H groups in total. The third-order valence-electron chi connectivity index (χ3n) is 4.52. The maximum atomic E-state index is 13.8. The van der Waals surface area contributed by atoms with Crippen LogP contribution in [-0.4, -0.2) is 32.7 Å². The Kier molecular flexibility index (Phi) is 5.06. The number of hydrogen-bond acceptors (Lipinski definition) is 3. The molecule has 0 saturated carbocycles. The number of ether oxygens (including phenoxy) is 2. The van der Waals surface area contributed by atoms with Crippen molar-refractivity contribution in [1.82, 2.24) is 0 Å². The molecule has 2 aromatic rings. The molecular weight excluding hydrogens is 362 g/mol. The molecule has 0 bridgehead atoms. The first-order valence-corrected chi connectivity index (χ1v) is 8.09. The number of benzene rings is 2. The molecular formula is C20H17F4NO2. The third kappa shape index (κ3) is 3.47. The van der Waals surface area contributed by atoms with Crippen LogP contribution in [0.5, 0.6) is 5.75 Å². The Morgan fingerprint density at radius 1 is 1.04 bits per heavy atom. The van der Waals surface area contributed by atoms with Gasteiger partial charge in [-0.3, -0.25) is 4.99 Å². The van der Waals surface area contributed by atoms with Crippen molar-refractivity contribution in [3.63, 3.8) is 0 Å². The summed E-state index contributed by atoms with van der Waals surface area (Å²) in [5.74, 6) is -0.0714. The first-order chi connectivity index (χ1) is 12.8. The molecule has 1 aliphatic heterocycles. The molecule has 0 fully saturated rings. The summed E-state index contributed by atoms with van der Waals surface area (Å²) in [7, 11) is 2.40. The number of allylic oxidation sites excluding steroid dienone is 1. The second-order valence-corrected chi connectivity index (χ2v) is 6.03. The van der Waals surface area contributed by atoms with Gasteiger partial charge in [-0.25, -0.2) is 4.39 Å². The normalized spacial score (nSPS) is 19.7. The maximum absolute atomic E-state index is 13.8. The van der Waals surface area contributed by atoms with Crippen molar-refractivity contribution in [2.24, 2.45) is 4.99 Å². The van der Waals surface area contributed by atoms with Crippen LogP contribution in [0.4, 0.5) is 17.6 Å². The molecule has 3 rings (SSSR count). The maximum Gasteiger partial charge on any atom is 0.423 e. The number of nitrogens with zero attached hydrogens (tertiary/aromatic N) is 1. The van der Waals surface area contributed by atoms with E-state index in [0.29, 0.717) is 22.6 Å². The number of aliphatic imine (C=N–C) groups is 1. The zero-order valence-corrected chi connectivity index (χ0v) is 14.7. The molecule has 0 aliphatic carbocycles. The molecule has 27 heavy (non-hydrogen) atoms. The summed E-state index contributed by atoms with van der Waals surface area (Å²) in [6.07, 6.45) is -1.38. The zero-order chi connectivity index (χ0) is 19.7. The van der Waals surface area contributed by atoms with E-state index in [1.54, 1.807) is 30.4 Å². The lowest BCUT2D eigenvalue weighted by Crippen LogP contribution is -2.49. The first kappa shape index (κ1) is 19.1. The van der Waals surface area contributed by atoms with Crippen LogP contribution >= 0.6 is 0 Å². The molecule has 1 unspecified atom stereocenters. The minimum Gasteiger partial charge on any atom is -0.497 e. The third-order valence-corrected chi connectivity index (χ3v) is 4.52. The van der Waals surface area contributed by atoms with Gasteiger partial charge in [-0.2, -0.15) is 13.2 Å². The molecule has 1 heterocycles. The van der Waals surface area contributed by atoms with Gasteiger partial charge in [-0.1, -0.05) is 18.2 Å². The summed E-state index contributed by atoms with van der Waals surface area (Å²) >= 11 is 0. The fourth-order valence-electron chi connectivity index (χ4n) is 3.00. The molecule has 0 amide bonds. The average Bonchev–Trinajstić information content (AvgIpc) is 2.65. The van der Waals surface area contributed by atoms with Crippen LogP contribution in [0.25, 0.3) is 6.08 Å². The molecule has 7 heteroatoms. The van der Waals surface area contributed by atoms with Gasteiger partial charge < -0.3 is 9.47 Å². The molecule has 1 aliphatic rings. The van der Waals surface area contributed by atoms with E-state index in [0.717, 1.165) is 7.11 Å². The van der Waals surface area contributed by atoms with E-state index < -0.39 is 18.3 Å². The van der Waals surface area contributed by atoms with Gasteiger partial charge in [0.1, 0.15) is 11.6 Å². The summed E-state index contributed by atoms with van der Waals surface area (Å²) in [6, 6.07) is 10.2. The summed E-state index contributed by atoms with van der Waals surface area (Å²) in [5.41, 5.74) is -1.20. The first-order valence-electron chi connectivity index (χ1n) is 8.09. The van der Waals surface area contributed by atoms with Crippen LogP contribution < -0.4 is 4.74 Å². The Balaban J connectivity index is 2.07. The molecule has 0 radical (unpaired) electrons. The molecule has 0 spiro atoms. The van der Waals surface area contributed by atoms with Gasteiger partial charge in [-0.05, 0) is 42.0 Å². The zero-order valence-electron chi connectivity index (χ0n) is 14.7. The Hall–Kier alpha value is -2.67. The van der Waals surface area contributed by atoms with Crippen molar-refractivity contribution in [3.8, 4) is 5.75 Å². The lowest BCUT2D eigenvalue weighted by molar-refractivity contribution is -0.272. The summed E-state index contributed by atoms with van der Waals surface area (Å²) in [6.45, 7) is -0.601. The standard InChI is InChI=1S/C20H17F4NO2/c1-26-15-8-9-16-17(11-15)19(27-2,20(22,23)24)12-25-18(16)10-5-13-3-6-14(21)7-4-13/h3-11H,12H2,1-2H3/b10-5+. The SMILES string of the molecule is COc1ccc2c(c1)C(OC)(C(F)(F)F)CN=C2/C=C/c1ccc(F)cc1. The smallest absolute Gasteiger partial charge is 0.423 e.